The van der Waals surface area contributed by atoms with Gasteiger partial charge in [-0.15, -0.1) is 0 Å². The van der Waals surface area contributed by atoms with Gasteiger partial charge in [-0.1, -0.05) is 27.5 Å². The summed E-state index contributed by atoms with van der Waals surface area (Å²) in [7, 11) is 0. The van der Waals surface area contributed by atoms with Crippen LogP contribution in [0.2, 0.25) is 5.15 Å². The molecule has 0 aliphatic carbocycles. The number of rotatable bonds is 6. The molecule has 0 atom stereocenters. The molecular formula is C18H13BrClFN4OS. The second-order valence-electron chi connectivity index (χ2n) is 5.43. The fourth-order valence-electron chi connectivity index (χ4n) is 2.38. The lowest BCUT2D eigenvalue weighted by Crippen LogP contribution is -1.99. The molecule has 0 spiro atoms. The molecule has 0 bridgehead atoms. The molecule has 27 heavy (non-hydrogen) atoms. The Morgan fingerprint density at radius 3 is 2.81 bits per heavy atom. The van der Waals surface area contributed by atoms with Gasteiger partial charge in [0.15, 0.2) is 5.15 Å². The lowest BCUT2D eigenvalue weighted by molar-refractivity contribution is -0.105. The van der Waals surface area contributed by atoms with Crippen LogP contribution in [0.15, 0.2) is 52.1 Å². The number of carbonyl (C=O) groups is 1. The van der Waals surface area contributed by atoms with Gasteiger partial charge in [-0.2, -0.15) is 0 Å². The van der Waals surface area contributed by atoms with Gasteiger partial charge in [-0.3, -0.25) is 4.79 Å². The second kappa shape index (κ2) is 8.69. The topological polar surface area (TPSA) is 66.9 Å². The van der Waals surface area contributed by atoms with E-state index in [9.17, 15) is 9.18 Å². The summed E-state index contributed by atoms with van der Waals surface area (Å²) in [6.07, 6.45) is 3.80. The van der Waals surface area contributed by atoms with Crippen LogP contribution >= 0.6 is 39.5 Å². The van der Waals surface area contributed by atoms with Crippen LogP contribution in [0, 0.1) is 12.7 Å². The van der Waals surface area contributed by atoms with E-state index in [1.165, 1.54) is 6.07 Å². The number of benzene rings is 1. The van der Waals surface area contributed by atoms with Crippen LogP contribution in [0.1, 0.15) is 5.56 Å². The van der Waals surface area contributed by atoms with E-state index in [2.05, 4.69) is 35.9 Å². The van der Waals surface area contributed by atoms with Crippen molar-refractivity contribution < 1.29 is 9.18 Å². The molecule has 0 saturated heterocycles. The smallest absolute Gasteiger partial charge is 0.212 e. The van der Waals surface area contributed by atoms with E-state index in [-0.39, 0.29) is 11.0 Å². The fraction of sp³-hybridized carbons (Fsp3) is 0.0556. The molecule has 2 aromatic heterocycles. The number of nitrogens with zero attached hydrogens (tertiary/aromatic N) is 2. The quantitative estimate of drug-likeness (QED) is 0.277. The fourth-order valence-corrected chi connectivity index (χ4v) is 3.76. The van der Waals surface area contributed by atoms with Crippen LogP contribution < -0.4 is 10.0 Å². The molecule has 0 unspecified atom stereocenters. The normalized spacial score (nSPS) is 10.5. The molecule has 2 heterocycles. The monoisotopic (exact) mass is 466 g/mol. The molecule has 138 valence electrons. The highest BCUT2D eigenvalue weighted by Gasteiger charge is 2.14. The summed E-state index contributed by atoms with van der Waals surface area (Å²) in [6, 6.07) is 8.36. The first kappa shape index (κ1) is 19.6. The number of halogens is 3. The number of amides is 1. The SMILES string of the molecule is Cc1c(-c2ccnc(NC=O)c2)cnc(Cl)c1NSc1ccc(Br)cc1F. The number of aromatic nitrogens is 2. The van der Waals surface area contributed by atoms with E-state index >= 15 is 0 Å². The van der Waals surface area contributed by atoms with Crippen LogP contribution in [-0.2, 0) is 4.79 Å². The largest absolute Gasteiger partial charge is 0.323 e. The predicted octanol–water partition coefficient (Wildman–Crippen LogP) is 5.69. The number of anilines is 2. The molecule has 3 rings (SSSR count). The first-order valence-electron chi connectivity index (χ1n) is 7.69. The first-order valence-corrected chi connectivity index (χ1v) is 9.68. The van der Waals surface area contributed by atoms with E-state index in [0.29, 0.717) is 27.3 Å². The van der Waals surface area contributed by atoms with Crippen molar-refractivity contribution in [1.82, 2.24) is 9.97 Å². The highest BCUT2D eigenvalue weighted by Crippen LogP contribution is 2.36. The Hall–Kier alpha value is -2.16. The summed E-state index contributed by atoms with van der Waals surface area (Å²) < 4.78 is 17.8. The van der Waals surface area contributed by atoms with Crippen molar-refractivity contribution in [2.24, 2.45) is 0 Å². The number of nitrogens with one attached hydrogen (secondary N) is 2. The van der Waals surface area contributed by atoms with E-state index in [1.54, 1.807) is 36.7 Å². The van der Waals surface area contributed by atoms with Crippen LogP contribution in [0.25, 0.3) is 11.1 Å². The van der Waals surface area contributed by atoms with Crippen LogP contribution in [0.3, 0.4) is 0 Å². The van der Waals surface area contributed by atoms with Crippen LogP contribution in [-0.4, -0.2) is 16.4 Å². The lowest BCUT2D eigenvalue weighted by Gasteiger charge is -2.14. The zero-order chi connectivity index (χ0) is 19.4. The van der Waals surface area contributed by atoms with Crippen LogP contribution in [0.5, 0.6) is 0 Å². The maximum Gasteiger partial charge on any atom is 0.212 e. The molecule has 9 heteroatoms. The summed E-state index contributed by atoms with van der Waals surface area (Å²) in [5, 5.41) is 2.80. The Bertz CT molecular complexity index is 1010. The van der Waals surface area contributed by atoms with Crippen molar-refractivity contribution in [3.8, 4) is 11.1 Å². The maximum atomic E-state index is 14.0. The molecule has 3 aromatic rings. The highest BCUT2D eigenvalue weighted by atomic mass is 79.9. The van der Waals surface area contributed by atoms with E-state index in [4.69, 9.17) is 11.6 Å². The first-order chi connectivity index (χ1) is 13.0. The minimum atomic E-state index is -0.349. The third-order valence-electron chi connectivity index (χ3n) is 3.73. The van der Waals surface area contributed by atoms with Crippen molar-refractivity contribution in [1.29, 1.82) is 0 Å². The molecule has 0 fully saturated rings. The summed E-state index contributed by atoms with van der Waals surface area (Å²) in [5.41, 5.74) is 3.06. The Labute approximate surface area is 173 Å². The molecular weight excluding hydrogens is 455 g/mol. The maximum absolute atomic E-state index is 14.0. The molecule has 2 N–H and O–H groups in total. The van der Waals surface area contributed by atoms with Gasteiger partial charge in [0, 0.05) is 22.4 Å². The molecule has 0 aliphatic rings. The minimum Gasteiger partial charge on any atom is -0.323 e. The number of hydrogen-bond donors (Lipinski definition) is 2. The minimum absolute atomic E-state index is 0.279. The molecule has 0 radical (unpaired) electrons. The predicted molar refractivity (Wildman–Crippen MR) is 110 cm³/mol. The average Bonchev–Trinajstić information content (AvgIpc) is 2.63. The number of carbonyl (C=O) groups excluding carboxylic acids is 1. The van der Waals surface area contributed by atoms with Crippen molar-refractivity contribution in [2.45, 2.75) is 11.8 Å². The summed E-state index contributed by atoms with van der Waals surface area (Å²) in [4.78, 5) is 19.3. The van der Waals surface area contributed by atoms with Crippen molar-refractivity contribution in [3.63, 3.8) is 0 Å². The number of hydrogen-bond acceptors (Lipinski definition) is 5. The van der Waals surface area contributed by atoms with Crippen molar-refractivity contribution in [2.75, 3.05) is 10.0 Å². The Morgan fingerprint density at radius 1 is 1.26 bits per heavy atom. The van der Waals surface area contributed by atoms with Gasteiger partial charge in [0.05, 0.1) is 10.6 Å². The van der Waals surface area contributed by atoms with Crippen molar-refractivity contribution in [3.05, 3.63) is 63.7 Å². The number of pyridine rings is 2. The van der Waals surface area contributed by atoms with Gasteiger partial charge >= 0.3 is 0 Å². The molecule has 0 aliphatic heterocycles. The van der Waals surface area contributed by atoms with E-state index < -0.39 is 0 Å². The summed E-state index contributed by atoms with van der Waals surface area (Å²) >= 11 is 10.6. The molecule has 1 aromatic carbocycles. The highest BCUT2D eigenvalue weighted by molar-refractivity contribution is 9.10. The van der Waals surface area contributed by atoms with Gasteiger partial charge in [0.25, 0.3) is 0 Å². The van der Waals surface area contributed by atoms with Gasteiger partial charge in [-0.05, 0) is 60.3 Å². The Balaban J connectivity index is 1.91. The molecule has 5 nitrogen and oxygen atoms in total. The zero-order valence-corrected chi connectivity index (χ0v) is 17.1. The Morgan fingerprint density at radius 2 is 2.07 bits per heavy atom. The molecule has 0 saturated carbocycles. The van der Waals surface area contributed by atoms with Gasteiger partial charge in [-0.25, -0.2) is 14.4 Å². The summed E-state index contributed by atoms with van der Waals surface area (Å²) in [6.45, 7) is 1.89. The average molecular weight is 468 g/mol. The van der Waals surface area contributed by atoms with Gasteiger partial charge in [0.2, 0.25) is 6.41 Å². The summed E-state index contributed by atoms with van der Waals surface area (Å²) in [5.74, 6) is 0.0798. The van der Waals surface area contributed by atoms with Crippen molar-refractivity contribution >= 4 is 57.4 Å². The van der Waals surface area contributed by atoms with E-state index in [0.717, 1.165) is 28.6 Å². The van der Waals surface area contributed by atoms with Gasteiger partial charge < -0.3 is 10.0 Å². The van der Waals surface area contributed by atoms with Crippen LogP contribution in [0.4, 0.5) is 15.9 Å². The van der Waals surface area contributed by atoms with Gasteiger partial charge in [0.1, 0.15) is 11.6 Å². The standard InChI is InChI=1S/C18H13BrClFN4OS/c1-10-13(11-4-5-22-16(6-11)24-9-26)8-23-18(20)17(10)25-27-15-3-2-12(19)7-14(15)21/h2-9,25H,1H3,(H,22,24,26). The van der Waals surface area contributed by atoms with E-state index in [1.807, 2.05) is 6.92 Å². The third kappa shape index (κ3) is 4.58. The Kier molecular flexibility index (Phi) is 6.30. The zero-order valence-electron chi connectivity index (χ0n) is 14.0. The third-order valence-corrected chi connectivity index (χ3v) is 5.36. The molecule has 1 amide bonds. The second-order valence-corrected chi connectivity index (χ2v) is 7.56. The lowest BCUT2D eigenvalue weighted by atomic mass is 10.0.